The van der Waals surface area contributed by atoms with Gasteiger partial charge in [-0.1, -0.05) is 38.3 Å². The highest BCUT2D eigenvalue weighted by atomic mass is 32.1. The van der Waals surface area contributed by atoms with Crippen molar-refractivity contribution in [1.82, 2.24) is 14.2 Å². The van der Waals surface area contributed by atoms with Gasteiger partial charge in [-0.25, -0.2) is 0 Å². The number of amides is 2. The molecule has 2 bridgehead atoms. The molecule has 1 aromatic carbocycles. The molecule has 2 aromatic rings. The van der Waals surface area contributed by atoms with E-state index in [1.165, 1.54) is 72.5 Å². The van der Waals surface area contributed by atoms with E-state index in [0.717, 1.165) is 31.8 Å². The summed E-state index contributed by atoms with van der Waals surface area (Å²) in [5.74, 6) is 4.06. The first-order valence-electron chi connectivity index (χ1n) is 14.1. The van der Waals surface area contributed by atoms with Gasteiger partial charge in [0.2, 0.25) is 11.8 Å². The average Bonchev–Trinajstić information content (AvgIpc) is 3.65. The molecule has 1 aromatic heterocycles. The van der Waals surface area contributed by atoms with Crippen LogP contribution in [-0.4, -0.2) is 65.8 Å². The molecular formula is C29H40N4O2S. The third kappa shape index (κ3) is 4.36. The fourth-order valence-electron chi connectivity index (χ4n) is 7.91. The van der Waals surface area contributed by atoms with Crippen LogP contribution in [0.3, 0.4) is 0 Å². The van der Waals surface area contributed by atoms with Gasteiger partial charge in [0.25, 0.3) is 0 Å². The SMILES string of the molecule is CC1CC2C[C@@H]1C1C(=O)N(C)C(=O)[C@H]21.c1ccc2c(N3CCN(CC4CCCCC4)CC3)nsc2c1. The highest BCUT2D eigenvalue weighted by Gasteiger charge is 2.61. The van der Waals surface area contributed by atoms with Gasteiger partial charge in [0.15, 0.2) is 0 Å². The van der Waals surface area contributed by atoms with E-state index < -0.39 is 0 Å². The number of carbonyl (C=O) groups is 2. The van der Waals surface area contributed by atoms with E-state index >= 15 is 0 Å². The molecule has 3 unspecified atom stereocenters. The van der Waals surface area contributed by atoms with Crippen molar-refractivity contribution in [2.45, 2.75) is 51.9 Å². The van der Waals surface area contributed by atoms with Crippen molar-refractivity contribution in [2.75, 3.05) is 44.7 Å². The summed E-state index contributed by atoms with van der Waals surface area (Å²) >= 11 is 1.63. The Bertz CT molecular complexity index is 1100. The Labute approximate surface area is 219 Å². The number of likely N-dealkylation sites (tertiary alicyclic amines) is 1. The molecule has 0 N–H and O–H groups in total. The summed E-state index contributed by atoms with van der Waals surface area (Å²) in [5.41, 5.74) is 0. The number of carbonyl (C=O) groups excluding carboxylic acids is 2. The smallest absolute Gasteiger partial charge is 0.233 e. The molecule has 3 heterocycles. The number of piperazine rings is 1. The molecule has 3 saturated carbocycles. The van der Waals surface area contributed by atoms with Crippen LogP contribution in [-0.2, 0) is 9.59 Å². The molecule has 5 fully saturated rings. The van der Waals surface area contributed by atoms with Crippen molar-refractivity contribution in [1.29, 1.82) is 0 Å². The zero-order valence-electron chi connectivity index (χ0n) is 21.8. The molecule has 0 spiro atoms. The Morgan fingerprint density at radius 2 is 1.67 bits per heavy atom. The monoisotopic (exact) mass is 508 g/mol. The Morgan fingerprint density at radius 1 is 0.944 bits per heavy atom. The zero-order valence-corrected chi connectivity index (χ0v) is 22.6. The maximum absolute atomic E-state index is 11.8. The molecule has 194 valence electrons. The van der Waals surface area contributed by atoms with Crippen molar-refractivity contribution in [3.8, 4) is 0 Å². The van der Waals surface area contributed by atoms with E-state index in [0.29, 0.717) is 17.8 Å². The van der Waals surface area contributed by atoms with Crippen LogP contribution in [0.2, 0.25) is 0 Å². The number of fused-ring (bicyclic) bond motifs is 6. The summed E-state index contributed by atoms with van der Waals surface area (Å²) in [6.45, 7) is 8.19. The van der Waals surface area contributed by atoms with Gasteiger partial charge in [-0.2, -0.15) is 4.37 Å². The number of anilines is 1. The van der Waals surface area contributed by atoms with Gasteiger partial charge in [-0.3, -0.25) is 19.4 Å². The lowest BCUT2D eigenvalue weighted by molar-refractivity contribution is -0.139. The number of hydrogen-bond donors (Lipinski definition) is 0. The Balaban J connectivity index is 0.000000147. The standard InChI is InChI=1S/C18H25N3S.C11H15NO2/c1-2-6-15(7-3-1)14-20-10-12-21(13-11-20)18-16-8-4-5-9-17(16)22-19-18;1-5-3-6-4-7(5)9-8(6)10(13)12(2)11(9)14/h4-5,8-9,15H,1-3,6-7,10-14H2;5-9H,3-4H2,1-2H3/t;5?,6?,7-,8+,9?/m.0/s1. The molecule has 2 aliphatic heterocycles. The third-order valence-electron chi connectivity index (χ3n) is 9.84. The van der Waals surface area contributed by atoms with E-state index in [1.54, 1.807) is 18.6 Å². The van der Waals surface area contributed by atoms with Crippen molar-refractivity contribution in [3.05, 3.63) is 24.3 Å². The minimum atomic E-state index is 0.0428. The van der Waals surface area contributed by atoms with E-state index in [1.807, 2.05) is 0 Å². The maximum Gasteiger partial charge on any atom is 0.233 e. The quantitative estimate of drug-likeness (QED) is 0.553. The number of aromatic nitrogens is 1. The normalized spacial score (nSPS) is 32.8. The second-order valence-electron chi connectivity index (χ2n) is 12.0. The molecule has 36 heavy (non-hydrogen) atoms. The summed E-state index contributed by atoms with van der Waals surface area (Å²) in [6, 6.07) is 8.62. The topological polar surface area (TPSA) is 56.8 Å². The minimum Gasteiger partial charge on any atom is -0.353 e. The van der Waals surface area contributed by atoms with Crippen LogP contribution in [0.5, 0.6) is 0 Å². The van der Waals surface area contributed by atoms with Gasteiger partial charge in [0.05, 0.1) is 16.5 Å². The molecule has 2 amide bonds. The largest absolute Gasteiger partial charge is 0.353 e. The third-order valence-corrected chi connectivity index (χ3v) is 10.7. The minimum absolute atomic E-state index is 0.0428. The maximum atomic E-state index is 11.8. The molecule has 7 rings (SSSR count). The number of rotatable bonds is 3. The van der Waals surface area contributed by atoms with Crippen LogP contribution in [0.25, 0.3) is 10.1 Å². The van der Waals surface area contributed by atoms with E-state index in [-0.39, 0.29) is 23.7 Å². The van der Waals surface area contributed by atoms with Gasteiger partial charge < -0.3 is 4.90 Å². The highest BCUT2D eigenvalue weighted by Crippen LogP contribution is 2.58. The van der Waals surface area contributed by atoms with Crippen LogP contribution >= 0.6 is 11.5 Å². The fourth-order valence-corrected chi connectivity index (χ4v) is 8.71. The second-order valence-corrected chi connectivity index (χ2v) is 12.8. The summed E-state index contributed by atoms with van der Waals surface area (Å²) in [5, 5.41) is 1.33. The van der Waals surface area contributed by atoms with Gasteiger partial charge in [0.1, 0.15) is 5.82 Å². The Hall–Kier alpha value is -1.99. The lowest BCUT2D eigenvalue weighted by Crippen LogP contribution is -2.48. The first-order chi connectivity index (χ1) is 17.5. The van der Waals surface area contributed by atoms with Crippen molar-refractivity contribution < 1.29 is 9.59 Å². The predicted molar refractivity (Wildman–Crippen MR) is 145 cm³/mol. The fraction of sp³-hybridized carbons (Fsp3) is 0.690. The number of nitrogens with zero attached hydrogens (tertiary/aromatic N) is 4. The summed E-state index contributed by atoms with van der Waals surface area (Å²) < 4.78 is 6.02. The van der Waals surface area contributed by atoms with E-state index in [2.05, 4.69) is 41.0 Å². The lowest BCUT2D eigenvalue weighted by Gasteiger charge is -2.37. The zero-order chi connectivity index (χ0) is 24.8. The summed E-state index contributed by atoms with van der Waals surface area (Å²) in [7, 11) is 1.63. The van der Waals surface area contributed by atoms with Crippen LogP contribution in [0.15, 0.2) is 24.3 Å². The second kappa shape index (κ2) is 10.1. The molecule has 3 aliphatic carbocycles. The number of benzene rings is 1. The highest BCUT2D eigenvalue weighted by molar-refractivity contribution is 7.13. The van der Waals surface area contributed by atoms with E-state index in [4.69, 9.17) is 4.37 Å². The Morgan fingerprint density at radius 3 is 2.44 bits per heavy atom. The Kier molecular flexibility index (Phi) is 6.80. The van der Waals surface area contributed by atoms with Crippen LogP contribution < -0.4 is 4.90 Å². The molecule has 7 heteroatoms. The van der Waals surface area contributed by atoms with Crippen molar-refractivity contribution >= 4 is 39.3 Å². The molecule has 5 atom stereocenters. The average molecular weight is 509 g/mol. The lowest BCUT2D eigenvalue weighted by atomic mass is 9.76. The van der Waals surface area contributed by atoms with Gasteiger partial charge in [-0.05, 0) is 73.0 Å². The van der Waals surface area contributed by atoms with Crippen molar-refractivity contribution in [2.24, 2.45) is 35.5 Å². The first kappa shape index (κ1) is 24.4. The molecule has 6 nitrogen and oxygen atoms in total. The van der Waals surface area contributed by atoms with Gasteiger partial charge in [0, 0.05) is 45.2 Å². The number of imide groups is 1. The van der Waals surface area contributed by atoms with Gasteiger partial charge in [-0.15, -0.1) is 0 Å². The molecule has 5 aliphatic rings. The molecule has 0 radical (unpaired) electrons. The summed E-state index contributed by atoms with van der Waals surface area (Å²) in [6.07, 6.45) is 9.54. The van der Waals surface area contributed by atoms with Gasteiger partial charge >= 0.3 is 0 Å². The van der Waals surface area contributed by atoms with Crippen LogP contribution in [0.1, 0.15) is 51.9 Å². The predicted octanol–water partition coefficient (Wildman–Crippen LogP) is 4.89. The molecule has 2 saturated heterocycles. The van der Waals surface area contributed by atoms with Crippen LogP contribution in [0.4, 0.5) is 5.82 Å². The summed E-state index contributed by atoms with van der Waals surface area (Å²) in [4.78, 5) is 30.2. The van der Waals surface area contributed by atoms with E-state index in [9.17, 15) is 9.59 Å². The number of hydrogen-bond acceptors (Lipinski definition) is 6. The first-order valence-corrected chi connectivity index (χ1v) is 14.9. The van der Waals surface area contributed by atoms with Crippen molar-refractivity contribution in [3.63, 3.8) is 0 Å². The molecular weight excluding hydrogens is 468 g/mol. The van der Waals surface area contributed by atoms with Crippen LogP contribution in [0, 0.1) is 35.5 Å².